The zero-order valence-corrected chi connectivity index (χ0v) is 12.7. The van der Waals surface area contributed by atoms with Crippen LogP contribution in [0.5, 0.6) is 5.75 Å². The van der Waals surface area contributed by atoms with Crippen molar-refractivity contribution in [1.29, 1.82) is 0 Å². The van der Waals surface area contributed by atoms with Gasteiger partial charge < -0.3 is 9.47 Å². The Labute approximate surface area is 114 Å². The molecule has 0 spiro atoms. The molecular formula is C13H20N2O3Si. The van der Waals surface area contributed by atoms with E-state index in [1.165, 1.54) is 0 Å². The highest BCUT2D eigenvalue weighted by Gasteiger charge is 2.26. The van der Waals surface area contributed by atoms with Crippen molar-refractivity contribution in [1.82, 2.24) is 4.98 Å². The van der Waals surface area contributed by atoms with Crippen molar-refractivity contribution in [3.63, 3.8) is 0 Å². The first-order chi connectivity index (χ1) is 8.97. The van der Waals surface area contributed by atoms with Crippen LogP contribution in [0.15, 0.2) is 18.3 Å². The highest BCUT2D eigenvalue weighted by Crippen LogP contribution is 2.28. The highest BCUT2D eigenvalue weighted by molar-refractivity contribution is 6.76. The lowest BCUT2D eigenvalue weighted by molar-refractivity contribution is -0.122. The number of aromatic nitrogens is 1. The highest BCUT2D eigenvalue weighted by atomic mass is 28.3. The molecule has 0 fully saturated rings. The van der Waals surface area contributed by atoms with Crippen molar-refractivity contribution in [2.45, 2.75) is 25.7 Å². The van der Waals surface area contributed by atoms with Crippen LogP contribution < -0.4 is 9.64 Å². The van der Waals surface area contributed by atoms with E-state index in [2.05, 4.69) is 24.6 Å². The van der Waals surface area contributed by atoms with E-state index in [1.54, 1.807) is 17.2 Å². The summed E-state index contributed by atoms with van der Waals surface area (Å²) in [5, 5.41) is 0. The summed E-state index contributed by atoms with van der Waals surface area (Å²) in [6.45, 7) is 7.88. The maximum Gasteiger partial charge on any atom is 0.268 e. The Morgan fingerprint density at radius 2 is 2.26 bits per heavy atom. The summed E-state index contributed by atoms with van der Waals surface area (Å²) in [4.78, 5) is 17.6. The van der Waals surface area contributed by atoms with Crippen LogP contribution in [0.25, 0.3) is 0 Å². The maximum absolute atomic E-state index is 11.8. The SMILES string of the molecule is C[Si](C)(C)CCOCN1C(=O)COc2cccnc21. The van der Waals surface area contributed by atoms with Crippen LogP contribution in [0.4, 0.5) is 5.82 Å². The summed E-state index contributed by atoms with van der Waals surface area (Å²) in [5.41, 5.74) is 0. The number of carbonyl (C=O) groups is 1. The van der Waals surface area contributed by atoms with E-state index in [4.69, 9.17) is 9.47 Å². The molecule has 6 heteroatoms. The Morgan fingerprint density at radius 3 is 3.00 bits per heavy atom. The lowest BCUT2D eigenvalue weighted by Crippen LogP contribution is -2.41. The minimum atomic E-state index is -1.10. The fourth-order valence-electron chi connectivity index (χ4n) is 1.70. The smallest absolute Gasteiger partial charge is 0.268 e. The lowest BCUT2D eigenvalue weighted by atomic mass is 10.3. The number of nitrogens with zero attached hydrogens (tertiary/aromatic N) is 2. The maximum atomic E-state index is 11.8. The van der Waals surface area contributed by atoms with Gasteiger partial charge in [-0.2, -0.15) is 0 Å². The predicted molar refractivity (Wildman–Crippen MR) is 76.2 cm³/mol. The molecule has 0 saturated heterocycles. The largest absolute Gasteiger partial charge is 0.480 e. The summed E-state index contributed by atoms with van der Waals surface area (Å²) in [7, 11) is -1.10. The second-order valence-corrected chi connectivity index (χ2v) is 11.4. The standard InChI is InChI=1S/C13H20N2O3Si/c1-19(2,3)8-7-17-10-15-12(16)9-18-11-5-4-6-14-13(11)15/h4-6H,7-10H2,1-3H3. The van der Waals surface area contributed by atoms with Crippen molar-refractivity contribution in [2.24, 2.45) is 0 Å². The van der Waals surface area contributed by atoms with Gasteiger partial charge in [-0.1, -0.05) is 19.6 Å². The van der Waals surface area contributed by atoms with Crippen molar-refractivity contribution in [2.75, 3.05) is 24.8 Å². The Morgan fingerprint density at radius 1 is 1.47 bits per heavy atom. The van der Waals surface area contributed by atoms with Gasteiger partial charge in [-0.15, -0.1) is 0 Å². The molecule has 0 aromatic carbocycles. The van der Waals surface area contributed by atoms with E-state index in [-0.39, 0.29) is 19.2 Å². The number of fused-ring (bicyclic) bond motifs is 1. The molecule has 19 heavy (non-hydrogen) atoms. The van der Waals surface area contributed by atoms with Gasteiger partial charge in [0.1, 0.15) is 6.73 Å². The van der Waals surface area contributed by atoms with Gasteiger partial charge >= 0.3 is 0 Å². The molecule has 1 amide bonds. The second-order valence-electron chi connectivity index (χ2n) is 5.78. The fourth-order valence-corrected chi connectivity index (χ4v) is 2.46. The average molecular weight is 280 g/mol. The quantitative estimate of drug-likeness (QED) is 0.612. The van der Waals surface area contributed by atoms with E-state index in [1.807, 2.05) is 6.07 Å². The zero-order chi connectivity index (χ0) is 13.9. The second kappa shape index (κ2) is 5.71. The molecule has 2 rings (SSSR count). The molecule has 1 aromatic rings. The van der Waals surface area contributed by atoms with Gasteiger partial charge in [-0.25, -0.2) is 4.98 Å². The summed E-state index contributed by atoms with van der Waals surface area (Å²) in [5.74, 6) is 1.07. The monoisotopic (exact) mass is 280 g/mol. The number of carbonyl (C=O) groups excluding carboxylic acids is 1. The molecule has 0 aliphatic carbocycles. The first kappa shape index (κ1) is 14.0. The summed E-state index contributed by atoms with van der Waals surface area (Å²) < 4.78 is 10.9. The van der Waals surface area contributed by atoms with Crippen LogP contribution in [0, 0.1) is 0 Å². The number of rotatable bonds is 5. The zero-order valence-electron chi connectivity index (χ0n) is 11.7. The Balaban J connectivity index is 1.94. The number of hydrogen-bond acceptors (Lipinski definition) is 4. The van der Waals surface area contributed by atoms with Gasteiger partial charge in [0, 0.05) is 20.9 Å². The van der Waals surface area contributed by atoms with Gasteiger partial charge in [0.05, 0.1) is 0 Å². The van der Waals surface area contributed by atoms with Gasteiger partial charge in [0.25, 0.3) is 5.91 Å². The molecule has 0 radical (unpaired) electrons. The number of amides is 1. The number of hydrogen-bond donors (Lipinski definition) is 0. The Bertz CT molecular complexity index is 459. The van der Waals surface area contributed by atoms with Crippen LogP contribution in [-0.4, -0.2) is 38.9 Å². The Kier molecular flexibility index (Phi) is 4.21. The van der Waals surface area contributed by atoms with Crippen molar-refractivity contribution in [3.05, 3.63) is 18.3 Å². The molecule has 1 aromatic heterocycles. The summed E-state index contributed by atoms with van der Waals surface area (Å²) in [6.07, 6.45) is 1.65. The molecule has 0 atom stereocenters. The van der Waals surface area contributed by atoms with Gasteiger partial charge in [0.15, 0.2) is 18.2 Å². The Hall–Kier alpha value is -1.40. The summed E-state index contributed by atoms with van der Waals surface area (Å²) in [6, 6.07) is 4.68. The third-order valence-electron chi connectivity index (χ3n) is 2.88. The fraction of sp³-hybridized carbons (Fsp3) is 0.538. The van der Waals surface area contributed by atoms with Crippen molar-refractivity contribution >= 4 is 19.8 Å². The predicted octanol–water partition coefficient (Wildman–Crippen LogP) is 2.12. The van der Waals surface area contributed by atoms with E-state index >= 15 is 0 Å². The average Bonchev–Trinajstić information content (AvgIpc) is 2.35. The van der Waals surface area contributed by atoms with E-state index < -0.39 is 8.07 Å². The minimum absolute atomic E-state index is 0.0517. The minimum Gasteiger partial charge on any atom is -0.480 e. The number of anilines is 1. The molecule has 5 nitrogen and oxygen atoms in total. The van der Waals surface area contributed by atoms with E-state index in [9.17, 15) is 4.79 Å². The van der Waals surface area contributed by atoms with Crippen LogP contribution in [0.3, 0.4) is 0 Å². The van der Waals surface area contributed by atoms with Crippen LogP contribution in [0.2, 0.25) is 25.7 Å². The molecule has 0 unspecified atom stereocenters. The van der Waals surface area contributed by atoms with Crippen molar-refractivity contribution < 1.29 is 14.3 Å². The molecule has 1 aliphatic rings. The topological polar surface area (TPSA) is 51.7 Å². The third-order valence-corrected chi connectivity index (χ3v) is 4.58. The van der Waals surface area contributed by atoms with Gasteiger partial charge in [0.2, 0.25) is 0 Å². The molecule has 0 N–H and O–H groups in total. The van der Waals surface area contributed by atoms with Crippen LogP contribution >= 0.6 is 0 Å². The molecule has 1 aliphatic heterocycles. The molecule has 0 saturated carbocycles. The van der Waals surface area contributed by atoms with E-state index in [0.717, 1.165) is 6.04 Å². The molecule has 0 bridgehead atoms. The molecular weight excluding hydrogens is 260 g/mol. The first-order valence-corrected chi connectivity index (χ1v) is 10.1. The molecule has 104 valence electrons. The van der Waals surface area contributed by atoms with Gasteiger partial charge in [-0.3, -0.25) is 9.69 Å². The van der Waals surface area contributed by atoms with E-state index in [0.29, 0.717) is 18.2 Å². The molecule has 2 heterocycles. The number of ether oxygens (including phenoxy) is 2. The first-order valence-electron chi connectivity index (χ1n) is 6.43. The van der Waals surface area contributed by atoms with Crippen LogP contribution in [0.1, 0.15) is 0 Å². The van der Waals surface area contributed by atoms with Gasteiger partial charge in [-0.05, 0) is 18.2 Å². The third kappa shape index (κ3) is 3.78. The van der Waals surface area contributed by atoms with Crippen LogP contribution in [-0.2, 0) is 9.53 Å². The number of pyridine rings is 1. The normalized spacial score (nSPS) is 15.1. The summed E-state index contributed by atoms with van der Waals surface area (Å²) >= 11 is 0. The lowest BCUT2D eigenvalue weighted by Gasteiger charge is -2.28. The van der Waals surface area contributed by atoms with Crippen molar-refractivity contribution in [3.8, 4) is 5.75 Å².